The minimum atomic E-state index is -0.549. The molecule has 46 heavy (non-hydrogen) atoms. The second kappa shape index (κ2) is 13.7. The summed E-state index contributed by atoms with van der Waals surface area (Å²) in [5.74, 6) is 1.45. The van der Waals surface area contributed by atoms with Crippen LogP contribution < -0.4 is 10.1 Å². The second-order valence-electron chi connectivity index (χ2n) is 13.0. The number of nitriles is 1. The number of methoxy groups -OCH3 is 1. The smallest absolute Gasteiger partial charge is 0.410 e. The van der Waals surface area contributed by atoms with Gasteiger partial charge in [0.2, 0.25) is 0 Å². The molecule has 3 aromatic carbocycles. The molecule has 0 unspecified atom stereocenters. The molecule has 4 aromatic rings. The van der Waals surface area contributed by atoms with E-state index in [-0.39, 0.29) is 30.5 Å². The maximum atomic E-state index is 12.6. The number of carbonyl (C=O) groups excluding carboxylic acids is 2. The van der Waals surface area contributed by atoms with Crippen LogP contribution in [0.15, 0.2) is 48.5 Å². The molecule has 0 bridgehead atoms. The highest BCUT2D eigenvalue weighted by molar-refractivity contribution is 5.91. The van der Waals surface area contributed by atoms with Crippen molar-refractivity contribution < 1.29 is 23.8 Å². The highest BCUT2D eigenvalue weighted by atomic mass is 16.6. The van der Waals surface area contributed by atoms with Crippen molar-refractivity contribution in [2.75, 3.05) is 32.1 Å². The normalized spacial score (nSPS) is 14.0. The number of rotatable bonds is 9. The van der Waals surface area contributed by atoms with Gasteiger partial charge in [-0.1, -0.05) is 44.2 Å². The molecule has 10 heteroatoms. The number of amides is 1. The monoisotopic (exact) mass is 625 g/mol. The first-order valence-corrected chi connectivity index (χ1v) is 15.9. The number of ether oxygens (including phenoxy) is 3. The van der Waals surface area contributed by atoms with E-state index >= 15 is 0 Å². The third-order valence-corrected chi connectivity index (χ3v) is 8.12. The molecular weight excluding hydrogens is 582 g/mol. The summed E-state index contributed by atoms with van der Waals surface area (Å²) in [6, 6.07) is 18.2. The molecule has 0 spiro atoms. The lowest BCUT2D eigenvalue weighted by atomic mass is 10.00. The number of fused-ring (bicyclic) bond motifs is 2. The Morgan fingerprint density at radius 3 is 2.46 bits per heavy atom. The summed E-state index contributed by atoms with van der Waals surface area (Å²) in [7, 11) is 1.38. The molecule has 1 N–H and O–H groups in total. The Morgan fingerprint density at radius 1 is 1.09 bits per heavy atom. The lowest BCUT2D eigenvalue weighted by Crippen LogP contribution is -2.44. The quantitative estimate of drug-likeness (QED) is 0.198. The maximum absolute atomic E-state index is 12.6. The summed E-state index contributed by atoms with van der Waals surface area (Å²) in [4.78, 5) is 31.3. The average molecular weight is 626 g/mol. The third kappa shape index (κ3) is 7.36. The molecule has 242 valence electrons. The van der Waals surface area contributed by atoms with Gasteiger partial charge in [0.05, 0.1) is 41.9 Å². The predicted molar refractivity (Wildman–Crippen MR) is 178 cm³/mol. The van der Waals surface area contributed by atoms with Crippen LogP contribution in [-0.4, -0.2) is 65.0 Å². The number of anilines is 1. The molecule has 2 heterocycles. The van der Waals surface area contributed by atoms with Gasteiger partial charge in [0.25, 0.3) is 0 Å². The van der Waals surface area contributed by atoms with Gasteiger partial charge in [-0.15, -0.1) is 0 Å². The van der Waals surface area contributed by atoms with Crippen molar-refractivity contribution in [1.29, 1.82) is 5.26 Å². The molecule has 10 nitrogen and oxygen atoms in total. The van der Waals surface area contributed by atoms with Gasteiger partial charge >= 0.3 is 12.1 Å². The van der Waals surface area contributed by atoms with Crippen LogP contribution >= 0.6 is 0 Å². The van der Waals surface area contributed by atoms with Crippen molar-refractivity contribution in [2.45, 2.75) is 78.0 Å². The van der Waals surface area contributed by atoms with Crippen LogP contribution in [0.2, 0.25) is 0 Å². The fourth-order valence-electron chi connectivity index (χ4n) is 5.84. The van der Waals surface area contributed by atoms with E-state index in [9.17, 15) is 14.9 Å². The Morgan fingerprint density at radius 2 is 1.80 bits per heavy atom. The van der Waals surface area contributed by atoms with E-state index in [1.165, 1.54) is 7.11 Å². The lowest BCUT2D eigenvalue weighted by Gasteiger charge is -2.33. The van der Waals surface area contributed by atoms with Crippen LogP contribution in [0.25, 0.3) is 21.8 Å². The van der Waals surface area contributed by atoms with Crippen molar-refractivity contribution in [1.82, 2.24) is 14.5 Å². The number of hydrogen-bond donors (Lipinski definition) is 1. The first kappa shape index (κ1) is 32.6. The van der Waals surface area contributed by atoms with Gasteiger partial charge in [0.1, 0.15) is 23.3 Å². The number of hydrogen-bond acceptors (Lipinski definition) is 8. The van der Waals surface area contributed by atoms with Crippen molar-refractivity contribution in [3.8, 4) is 11.8 Å². The van der Waals surface area contributed by atoms with Crippen molar-refractivity contribution in [3.63, 3.8) is 0 Å². The van der Waals surface area contributed by atoms with Crippen LogP contribution in [0.3, 0.4) is 0 Å². The Labute approximate surface area is 270 Å². The molecule has 5 rings (SSSR count). The van der Waals surface area contributed by atoms with Crippen LogP contribution in [0, 0.1) is 11.3 Å². The second-order valence-corrected chi connectivity index (χ2v) is 13.0. The Bertz CT molecular complexity index is 1770. The topological polar surface area (TPSA) is 119 Å². The molecule has 1 amide bonds. The number of imidazole rings is 1. The van der Waals surface area contributed by atoms with Crippen molar-refractivity contribution in [3.05, 3.63) is 65.5 Å². The summed E-state index contributed by atoms with van der Waals surface area (Å²) in [5.41, 5.74) is 3.68. The minimum absolute atomic E-state index is 0.110. The van der Waals surface area contributed by atoms with E-state index in [0.717, 1.165) is 38.9 Å². The van der Waals surface area contributed by atoms with Crippen LogP contribution in [0.4, 0.5) is 10.5 Å². The zero-order valence-corrected chi connectivity index (χ0v) is 27.6. The Hall–Kier alpha value is -4.78. The van der Waals surface area contributed by atoms with Gasteiger partial charge < -0.3 is 29.0 Å². The average Bonchev–Trinajstić information content (AvgIpc) is 3.37. The van der Waals surface area contributed by atoms with E-state index < -0.39 is 5.60 Å². The van der Waals surface area contributed by atoms with E-state index in [1.54, 1.807) is 4.90 Å². The first-order chi connectivity index (χ1) is 22.0. The summed E-state index contributed by atoms with van der Waals surface area (Å²) in [6.45, 7) is 11.9. The lowest BCUT2D eigenvalue weighted by molar-refractivity contribution is -0.140. The zero-order chi connectivity index (χ0) is 33.0. The SMILES string of the molecule is COC(=O)CCNc1cc2nc(C(C)C)n(Cc3ccc(C#N)c4ccccc34)c2cc1OC1CCN(C(=O)OC(C)(C)C)CC1. The zero-order valence-electron chi connectivity index (χ0n) is 27.6. The fraction of sp³-hybridized carbons (Fsp3) is 0.444. The Kier molecular flexibility index (Phi) is 9.71. The molecule has 0 atom stereocenters. The van der Waals surface area contributed by atoms with Gasteiger partial charge in [-0.3, -0.25) is 4.79 Å². The van der Waals surface area contributed by atoms with Crippen molar-refractivity contribution >= 4 is 39.6 Å². The molecule has 1 aliphatic rings. The van der Waals surface area contributed by atoms with Gasteiger partial charge in [0.15, 0.2) is 0 Å². The van der Waals surface area contributed by atoms with Gasteiger partial charge in [-0.25, -0.2) is 9.78 Å². The molecule has 1 fully saturated rings. The van der Waals surface area contributed by atoms with Crippen LogP contribution in [0.1, 0.15) is 76.8 Å². The van der Waals surface area contributed by atoms with E-state index in [1.807, 2.05) is 63.2 Å². The molecule has 0 radical (unpaired) electrons. The molecular formula is C36H43N5O5. The maximum Gasteiger partial charge on any atom is 0.410 e. The fourth-order valence-corrected chi connectivity index (χ4v) is 5.84. The largest absolute Gasteiger partial charge is 0.488 e. The van der Waals surface area contributed by atoms with Gasteiger partial charge in [0, 0.05) is 51.0 Å². The molecule has 1 aromatic heterocycles. The van der Waals surface area contributed by atoms with Crippen LogP contribution in [0.5, 0.6) is 5.75 Å². The van der Waals surface area contributed by atoms with E-state index in [0.29, 0.717) is 50.3 Å². The van der Waals surface area contributed by atoms with Crippen molar-refractivity contribution in [2.24, 2.45) is 0 Å². The number of aromatic nitrogens is 2. The molecule has 0 saturated carbocycles. The molecule has 0 aliphatic carbocycles. The predicted octanol–water partition coefficient (Wildman–Crippen LogP) is 6.99. The summed E-state index contributed by atoms with van der Waals surface area (Å²) >= 11 is 0. The number of nitrogens with one attached hydrogen (secondary N) is 1. The highest BCUT2D eigenvalue weighted by Gasteiger charge is 2.28. The third-order valence-electron chi connectivity index (χ3n) is 8.12. The summed E-state index contributed by atoms with van der Waals surface area (Å²) < 4.78 is 19.3. The van der Waals surface area contributed by atoms with Crippen LogP contribution in [-0.2, 0) is 20.8 Å². The molecule has 1 saturated heterocycles. The number of nitrogens with zero attached hydrogens (tertiary/aromatic N) is 4. The standard InChI is InChI=1S/C36H43N5O5/c1-23(2)34-39-29-19-30(38-16-13-33(42)44-6)32(45-26-14-17-40(18-15-26)35(43)46-36(3,4)5)20-31(29)41(34)22-25-12-11-24(21-37)27-9-7-8-10-28(25)27/h7-12,19-20,23,26,38H,13-18,22H2,1-6H3. The summed E-state index contributed by atoms with van der Waals surface area (Å²) in [6.07, 6.45) is 1.11. The Balaban J connectivity index is 1.49. The molecule has 1 aliphatic heterocycles. The first-order valence-electron chi connectivity index (χ1n) is 15.9. The highest BCUT2D eigenvalue weighted by Crippen LogP contribution is 2.35. The number of esters is 1. The number of carbonyl (C=O) groups is 2. The number of benzene rings is 3. The summed E-state index contributed by atoms with van der Waals surface area (Å²) in [5, 5.41) is 15.0. The van der Waals surface area contributed by atoms with E-state index in [4.69, 9.17) is 19.2 Å². The van der Waals surface area contributed by atoms with Gasteiger partial charge in [-0.05, 0) is 49.2 Å². The number of piperidine rings is 1. The van der Waals surface area contributed by atoms with E-state index in [2.05, 4.69) is 35.9 Å². The van der Waals surface area contributed by atoms with Gasteiger partial charge in [-0.2, -0.15) is 5.26 Å². The number of likely N-dealkylation sites (tertiary alicyclic amines) is 1. The minimum Gasteiger partial charge on any atom is -0.488 e.